The zero-order valence-electron chi connectivity index (χ0n) is 15.2. The molecule has 0 aromatic carbocycles. The van der Waals surface area contributed by atoms with Gasteiger partial charge in [0, 0.05) is 38.2 Å². The Kier molecular flexibility index (Phi) is 6.11. The van der Waals surface area contributed by atoms with Gasteiger partial charge in [-0.1, -0.05) is 6.07 Å². The van der Waals surface area contributed by atoms with Crippen molar-refractivity contribution in [2.45, 2.75) is 6.61 Å². The Morgan fingerprint density at radius 2 is 2.04 bits per heavy atom. The van der Waals surface area contributed by atoms with Gasteiger partial charge in [-0.25, -0.2) is 4.98 Å². The van der Waals surface area contributed by atoms with Gasteiger partial charge in [-0.15, -0.1) is 0 Å². The first kappa shape index (κ1) is 18.5. The number of methoxy groups -OCH3 is 1. The van der Waals surface area contributed by atoms with E-state index in [0.29, 0.717) is 36.7 Å². The molecule has 0 bridgehead atoms. The molecule has 0 saturated carbocycles. The highest BCUT2D eigenvalue weighted by atomic mass is 16.5. The summed E-state index contributed by atoms with van der Waals surface area (Å²) < 4.78 is 17.9. The fourth-order valence-corrected chi connectivity index (χ4v) is 2.51. The van der Waals surface area contributed by atoms with Gasteiger partial charge in [-0.2, -0.15) is 5.10 Å². The van der Waals surface area contributed by atoms with Gasteiger partial charge < -0.3 is 14.2 Å². The van der Waals surface area contributed by atoms with Crippen LogP contribution in [0.4, 0.5) is 0 Å². The number of aryl methyl sites for hydroxylation is 1. The third-order valence-electron chi connectivity index (χ3n) is 3.87. The maximum absolute atomic E-state index is 11.4. The van der Waals surface area contributed by atoms with Crippen molar-refractivity contribution in [1.82, 2.24) is 19.7 Å². The van der Waals surface area contributed by atoms with E-state index in [1.807, 2.05) is 25.2 Å². The Balaban J connectivity index is 1.76. The maximum Gasteiger partial charge on any atom is 0.214 e. The largest absolute Gasteiger partial charge is 0.486 e. The van der Waals surface area contributed by atoms with Crippen molar-refractivity contribution in [2.24, 2.45) is 7.05 Å². The highest BCUT2D eigenvalue weighted by Gasteiger charge is 2.12. The third kappa shape index (κ3) is 4.48. The van der Waals surface area contributed by atoms with Crippen molar-refractivity contribution in [1.29, 1.82) is 0 Å². The van der Waals surface area contributed by atoms with E-state index in [-0.39, 0.29) is 6.61 Å². The number of nitrogens with zero attached hydrogens (tertiary/aromatic N) is 4. The number of carbonyl (C=O) groups excluding carboxylic acids is 1. The molecule has 0 amide bonds. The molecule has 0 saturated heterocycles. The first-order valence-corrected chi connectivity index (χ1v) is 8.35. The van der Waals surface area contributed by atoms with Crippen LogP contribution >= 0.6 is 0 Å². The van der Waals surface area contributed by atoms with Crippen molar-refractivity contribution >= 4 is 6.29 Å². The molecule has 0 N–H and O–H groups in total. The fourth-order valence-electron chi connectivity index (χ4n) is 2.51. The minimum absolute atomic E-state index is 0.237. The fraction of sp³-hybridized carbons (Fsp3) is 0.263. The predicted octanol–water partition coefficient (Wildman–Crippen LogP) is 2.29. The van der Waals surface area contributed by atoms with E-state index in [1.54, 1.807) is 30.3 Å². The molecule has 0 radical (unpaired) electrons. The number of rotatable bonds is 9. The van der Waals surface area contributed by atoms with E-state index in [1.165, 1.54) is 6.20 Å². The lowest BCUT2D eigenvalue weighted by molar-refractivity contribution is 0.111. The summed E-state index contributed by atoms with van der Waals surface area (Å²) in [5.41, 5.74) is 2.89. The lowest BCUT2D eigenvalue weighted by Gasteiger charge is -2.12. The second-order valence-corrected chi connectivity index (χ2v) is 5.66. The van der Waals surface area contributed by atoms with Crippen LogP contribution in [0.25, 0.3) is 11.4 Å². The van der Waals surface area contributed by atoms with Crippen molar-refractivity contribution in [3.8, 4) is 23.0 Å². The molecule has 0 atom stereocenters. The SMILES string of the molecule is COCCOc1cc(C=O)c(OCc2cccnc2-c2ccnn2C)cn1. The third-order valence-corrected chi connectivity index (χ3v) is 3.87. The number of carbonyl (C=O) groups is 1. The number of aldehydes is 1. The average Bonchev–Trinajstić information content (AvgIpc) is 3.13. The summed E-state index contributed by atoms with van der Waals surface area (Å²) in [6, 6.07) is 7.19. The lowest BCUT2D eigenvalue weighted by atomic mass is 10.1. The van der Waals surface area contributed by atoms with E-state index in [4.69, 9.17) is 14.2 Å². The lowest BCUT2D eigenvalue weighted by Crippen LogP contribution is -2.07. The van der Waals surface area contributed by atoms with E-state index in [0.717, 1.165) is 17.0 Å². The van der Waals surface area contributed by atoms with Gasteiger partial charge >= 0.3 is 0 Å². The van der Waals surface area contributed by atoms with Gasteiger partial charge in [0.05, 0.1) is 29.8 Å². The molecular weight excluding hydrogens is 348 g/mol. The maximum atomic E-state index is 11.4. The van der Waals surface area contributed by atoms with Gasteiger partial charge in [-0.3, -0.25) is 14.5 Å². The molecule has 8 heteroatoms. The van der Waals surface area contributed by atoms with E-state index >= 15 is 0 Å². The number of ether oxygens (including phenoxy) is 3. The van der Waals surface area contributed by atoms with Crippen LogP contribution in [0, 0.1) is 0 Å². The van der Waals surface area contributed by atoms with Crippen LogP contribution in [-0.4, -0.2) is 46.4 Å². The number of pyridine rings is 2. The number of hydrogen-bond acceptors (Lipinski definition) is 7. The van der Waals surface area contributed by atoms with E-state index < -0.39 is 0 Å². The molecule has 0 spiro atoms. The van der Waals surface area contributed by atoms with E-state index in [2.05, 4.69) is 15.1 Å². The average molecular weight is 368 g/mol. The molecule has 3 heterocycles. The minimum atomic E-state index is 0.237. The standard InChI is InChI=1S/C19H20N4O4/c1-23-16(5-7-22-23)19-14(4-3-6-20-19)13-27-17-11-21-18(10-15(17)12-24)26-9-8-25-2/h3-7,10-12H,8-9,13H2,1-2H3. The molecule has 3 aromatic rings. The number of hydrogen-bond donors (Lipinski definition) is 0. The second-order valence-electron chi connectivity index (χ2n) is 5.66. The molecule has 3 aromatic heterocycles. The monoisotopic (exact) mass is 368 g/mol. The Labute approximate surface area is 156 Å². The number of aromatic nitrogens is 4. The first-order chi connectivity index (χ1) is 13.2. The van der Waals surface area contributed by atoms with Gasteiger partial charge in [0.25, 0.3) is 0 Å². The first-order valence-electron chi connectivity index (χ1n) is 8.35. The minimum Gasteiger partial charge on any atom is -0.486 e. The van der Waals surface area contributed by atoms with Gasteiger partial charge in [0.1, 0.15) is 19.0 Å². The molecule has 0 fully saturated rings. The van der Waals surface area contributed by atoms with E-state index in [9.17, 15) is 4.79 Å². The Morgan fingerprint density at radius 3 is 2.78 bits per heavy atom. The van der Waals surface area contributed by atoms with Crippen molar-refractivity contribution in [3.63, 3.8) is 0 Å². The van der Waals surface area contributed by atoms with Crippen LogP contribution in [0.1, 0.15) is 15.9 Å². The van der Waals surface area contributed by atoms with Gasteiger partial charge in [0.15, 0.2) is 6.29 Å². The zero-order valence-corrected chi connectivity index (χ0v) is 15.2. The van der Waals surface area contributed by atoms with Crippen LogP contribution in [0.5, 0.6) is 11.6 Å². The van der Waals surface area contributed by atoms with Crippen molar-refractivity contribution < 1.29 is 19.0 Å². The second kappa shape index (κ2) is 8.91. The van der Waals surface area contributed by atoms with Crippen LogP contribution in [-0.2, 0) is 18.4 Å². The highest BCUT2D eigenvalue weighted by molar-refractivity contribution is 5.79. The molecule has 3 rings (SSSR count). The summed E-state index contributed by atoms with van der Waals surface area (Å²) in [7, 11) is 3.44. The molecule has 27 heavy (non-hydrogen) atoms. The smallest absolute Gasteiger partial charge is 0.214 e. The van der Waals surface area contributed by atoms with Crippen LogP contribution in [0.2, 0.25) is 0 Å². The summed E-state index contributed by atoms with van der Waals surface area (Å²) in [5.74, 6) is 0.724. The van der Waals surface area contributed by atoms with Gasteiger partial charge in [-0.05, 0) is 12.1 Å². The summed E-state index contributed by atoms with van der Waals surface area (Å²) in [6.45, 7) is 1.03. The Hall–Kier alpha value is -3.26. The molecule has 8 nitrogen and oxygen atoms in total. The van der Waals surface area contributed by atoms with Crippen molar-refractivity contribution in [2.75, 3.05) is 20.3 Å². The molecule has 0 aliphatic rings. The Bertz CT molecular complexity index is 910. The predicted molar refractivity (Wildman–Crippen MR) is 97.8 cm³/mol. The van der Waals surface area contributed by atoms with Crippen LogP contribution < -0.4 is 9.47 Å². The molecule has 140 valence electrons. The van der Waals surface area contributed by atoms with Crippen LogP contribution in [0.15, 0.2) is 42.9 Å². The summed E-state index contributed by atoms with van der Waals surface area (Å²) in [6.07, 6.45) is 5.62. The zero-order chi connectivity index (χ0) is 19.1. The van der Waals surface area contributed by atoms with Crippen LogP contribution in [0.3, 0.4) is 0 Å². The Morgan fingerprint density at radius 1 is 1.15 bits per heavy atom. The topological polar surface area (TPSA) is 88.4 Å². The molecule has 0 aliphatic carbocycles. The summed E-state index contributed by atoms with van der Waals surface area (Å²) in [5, 5.41) is 4.18. The highest BCUT2D eigenvalue weighted by Crippen LogP contribution is 2.24. The molecule has 0 unspecified atom stereocenters. The molecule has 0 aliphatic heterocycles. The van der Waals surface area contributed by atoms with Gasteiger partial charge in [0.2, 0.25) is 5.88 Å². The summed E-state index contributed by atoms with van der Waals surface area (Å²) >= 11 is 0. The normalized spacial score (nSPS) is 10.6. The van der Waals surface area contributed by atoms with Crippen molar-refractivity contribution in [3.05, 3.63) is 54.0 Å². The summed E-state index contributed by atoms with van der Waals surface area (Å²) in [4.78, 5) is 20.0. The molecular formula is C19H20N4O4. The quantitative estimate of drug-likeness (QED) is 0.423.